The van der Waals surface area contributed by atoms with Gasteiger partial charge >= 0.3 is 10.1 Å². The van der Waals surface area contributed by atoms with Crippen LogP contribution in [0.15, 0.2) is 71.4 Å². The summed E-state index contributed by atoms with van der Waals surface area (Å²) in [5.74, 6) is 0.898. The molecule has 2 aliphatic rings. The molecule has 0 amide bonds. The van der Waals surface area contributed by atoms with Gasteiger partial charge in [0.1, 0.15) is 10.7 Å². The number of rotatable bonds is 6. The Bertz CT molecular complexity index is 835. The molecule has 25 heavy (non-hydrogen) atoms. The number of benzene rings is 1. The minimum Gasteiger partial charge on any atom is -0.383 e. The molecule has 0 unspecified atom stereocenters. The highest BCUT2D eigenvalue weighted by Gasteiger charge is 2.60. The molecule has 0 aliphatic heterocycles. The van der Waals surface area contributed by atoms with Gasteiger partial charge in [-0.1, -0.05) is 56.4 Å². The van der Waals surface area contributed by atoms with Gasteiger partial charge in [0.15, 0.2) is 0 Å². The summed E-state index contributed by atoms with van der Waals surface area (Å²) in [6.45, 7) is 10.3. The van der Waals surface area contributed by atoms with Crippen molar-refractivity contribution in [2.24, 2.45) is 16.7 Å². The van der Waals surface area contributed by atoms with Gasteiger partial charge in [-0.15, -0.1) is 0 Å². The smallest absolute Gasteiger partial charge is 0.338 e. The molecule has 134 valence electrons. The fourth-order valence-electron chi connectivity index (χ4n) is 4.12. The first-order valence-corrected chi connectivity index (χ1v) is 10.1. The van der Waals surface area contributed by atoms with Crippen LogP contribution in [0.3, 0.4) is 0 Å². The van der Waals surface area contributed by atoms with Gasteiger partial charge in [0.05, 0.1) is 0 Å². The van der Waals surface area contributed by atoms with Crippen molar-refractivity contribution >= 4 is 10.1 Å². The van der Waals surface area contributed by atoms with Crippen molar-refractivity contribution in [3.8, 4) is 0 Å². The lowest BCUT2D eigenvalue weighted by Crippen LogP contribution is -2.32. The predicted molar refractivity (Wildman–Crippen MR) is 100 cm³/mol. The third-order valence-electron chi connectivity index (χ3n) is 5.97. The first kappa shape index (κ1) is 18.0. The molecule has 1 aromatic carbocycles. The van der Waals surface area contributed by atoms with E-state index < -0.39 is 10.1 Å². The number of fused-ring (bicyclic) bond motifs is 2. The third kappa shape index (κ3) is 2.97. The van der Waals surface area contributed by atoms with Gasteiger partial charge in [-0.25, -0.2) is 0 Å². The maximum Gasteiger partial charge on any atom is 0.338 e. The van der Waals surface area contributed by atoms with Crippen LogP contribution >= 0.6 is 0 Å². The van der Waals surface area contributed by atoms with Crippen molar-refractivity contribution < 1.29 is 12.6 Å². The summed E-state index contributed by atoms with van der Waals surface area (Å²) in [5.41, 5.74) is 0.696. The minimum atomic E-state index is -3.79. The summed E-state index contributed by atoms with van der Waals surface area (Å²) in [6.07, 6.45) is 9.25. The zero-order valence-corrected chi connectivity index (χ0v) is 16.0. The van der Waals surface area contributed by atoms with Crippen molar-refractivity contribution in [3.05, 3.63) is 66.5 Å². The van der Waals surface area contributed by atoms with Crippen molar-refractivity contribution in [2.45, 2.75) is 44.9 Å². The standard InChI is InChI=1S/C21H26O3S/c1-16(2)9-8-13-20(3)17-12-14-21(20,4)19(15-17)24-25(22,23)18-10-6-5-7-11-18/h5-8,10-11,13,15,17H,1,9,12,14H2,2-4H3/b13-8-/t17-,20+,21+/m0/s1. The highest BCUT2D eigenvalue weighted by molar-refractivity contribution is 7.86. The van der Waals surface area contributed by atoms with E-state index in [9.17, 15) is 8.42 Å². The first-order chi connectivity index (χ1) is 11.7. The van der Waals surface area contributed by atoms with Gasteiger partial charge in [0, 0.05) is 10.8 Å². The molecule has 0 heterocycles. The molecular weight excluding hydrogens is 332 g/mol. The Morgan fingerprint density at radius 3 is 2.64 bits per heavy atom. The van der Waals surface area contributed by atoms with E-state index in [2.05, 4.69) is 32.6 Å². The third-order valence-corrected chi connectivity index (χ3v) is 7.22. The first-order valence-electron chi connectivity index (χ1n) is 8.73. The average molecular weight is 359 g/mol. The number of hydrogen-bond donors (Lipinski definition) is 0. The summed E-state index contributed by atoms with van der Waals surface area (Å²) in [7, 11) is -3.79. The summed E-state index contributed by atoms with van der Waals surface area (Å²) in [4.78, 5) is 0.196. The zero-order chi connectivity index (χ0) is 18.3. The fraction of sp³-hybridized carbons (Fsp3) is 0.429. The monoisotopic (exact) mass is 358 g/mol. The molecule has 0 spiro atoms. The van der Waals surface area contributed by atoms with E-state index >= 15 is 0 Å². The van der Waals surface area contributed by atoms with E-state index in [0.717, 1.165) is 24.8 Å². The lowest BCUT2D eigenvalue weighted by Gasteiger charge is -2.37. The summed E-state index contributed by atoms with van der Waals surface area (Å²) in [5, 5.41) is 0. The zero-order valence-electron chi connectivity index (χ0n) is 15.2. The molecule has 3 rings (SSSR count). The lowest BCUT2D eigenvalue weighted by atomic mass is 9.68. The average Bonchev–Trinajstić information content (AvgIpc) is 2.91. The summed E-state index contributed by atoms with van der Waals surface area (Å²) in [6, 6.07) is 8.34. The molecule has 4 heteroatoms. The van der Waals surface area contributed by atoms with Crippen LogP contribution in [-0.4, -0.2) is 8.42 Å². The van der Waals surface area contributed by atoms with Crippen molar-refractivity contribution in [3.63, 3.8) is 0 Å². The second kappa shape index (κ2) is 6.17. The topological polar surface area (TPSA) is 43.4 Å². The molecular formula is C21H26O3S. The molecule has 0 saturated heterocycles. The quantitative estimate of drug-likeness (QED) is 0.516. The molecule has 2 aliphatic carbocycles. The SMILES string of the molecule is C=C(C)C/C=C\[C@]1(C)[C@@H]2C=C(OS(=O)(=O)c3ccccc3)[C@@]1(C)CC2. The summed E-state index contributed by atoms with van der Waals surface area (Å²) < 4.78 is 30.9. The maximum absolute atomic E-state index is 12.6. The van der Waals surface area contributed by atoms with Gasteiger partial charge in [0.2, 0.25) is 0 Å². The Kier molecular flexibility index (Phi) is 4.44. The van der Waals surface area contributed by atoms with Crippen molar-refractivity contribution in [2.75, 3.05) is 0 Å². The Balaban J connectivity index is 1.87. The van der Waals surface area contributed by atoms with E-state index in [-0.39, 0.29) is 15.7 Å². The van der Waals surface area contributed by atoms with Gasteiger partial charge < -0.3 is 4.18 Å². The van der Waals surface area contributed by atoms with Gasteiger partial charge in [0.25, 0.3) is 0 Å². The Morgan fingerprint density at radius 1 is 1.32 bits per heavy atom. The largest absolute Gasteiger partial charge is 0.383 e. The van der Waals surface area contributed by atoms with Crippen molar-refractivity contribution in [1.29, 1.82) is 0 Å². The van der Waals surface area contributed by atoms with Gasteiger partial charge in [-0.05, 0) is 50.3 Å². The Hall–Kier alpha value is -1.81. The van der Waals surface area contributed by atoms with E-state index in [1.165, 1.54) is 0 Å². The van der Waals surface area contributed by atoms with Crippen LogP contribution in [0.1, 0.15) is 40.0 Å². The molecule has 0 aromatic heterocycles. The van der Waals surface area contributed by atoms with Gasteiger partial charge in [-0.3, -0.25) is 0 Å². The van der Waals surface area contributed by atoms with E-state index in [4.69, 9.17) is 4.18 Å². The number of allylic oxidation sites excluding steroid dienone is 5. The second-order valence-electron chi connectivity index (χ2n) is 7.70. The lowest BCUT2D eigenvalue weighted by molar-refractivity contribution is 0.161. The predicted octanol–water partition coefficient (Wildman–Crippen LogP) is 5.23. The van der Waals surface area contributed by atoms with Crippen molar-refractivity contribution in [1.82, 2.24) is 0 Å². The van der Waals surface area contributed by atoms with Crippen LogP contribution in [0.2, 0.25) is 0 Å². The molecule has 0 radical (unpaired) electrons. The van der Waals surface area contributed by atoms with Crippen LogP contribution in [0.4, 0.5) is 0 Å². The van der Waals surface area contributed by atoms with E-state index in [0.29, 0.717) is 11.7 Å². The van der Waals surface area contributed by atoms with Gasteiger partial charge in [-0.2, -0.15) is 8.42 Å². The Morgan fingerprint density at radius 2 is 2.00 bits per heavy atom. The Labute approximate surface area is 151 Å². The molecule has 2 bridgehead atoms. The highest BCUT2D eigenvalue weighted by Crippen LogP contribution is 2.66. The van der Waals surface area contributed by atoms with Crippen LogP contribution < -0.4 is 0 Å². The molecule has 1 aromatic rings. The summed E-state index contributed by atoms with van der Waals surface area (Å²) >= 11 is 0. The van der Waals surface area contributed by atoms with Crippen LogP contribution in [0.5, 0.6) is 0 Å². The molecule has 3 nitrogen and oxygen atoms in total. The second-order valence-corrected chi connectivity index (χ2v) is 9.25. The molecule has 1 saturated carbocycles. The molecule has 1 fully saturated rings. The van der Waals surface area contributed by atoms with E-state index in [1.54, 1.807) is 30.3 Å². The minimum absolute atomic E-state index is 0.121. The fourth-order valence-corrected chi connectivity index (χ4v) is 5.18. The van der Waals surface area contributed by atoms with Crippen LogP contribution in [-0.2, 0) is 14.3 Å². The normalized spacial score (nSPS) is 31.3. The van der Waals surface area contributed by atoms with Crippen LogP contribution in [0, 0.1) is 16.7 Å². The van der Waals surface area contributed by atoms with Crippen LogP contribution in [0.25, 0.3) is 0 Å². The van der Waals surface area contributed by atoms with E-state index in [1.807, 2.05) is 13.0 Å². The molecule has 0 N–H and O–H groups in total. The highest BCUT2D eigenvalue weighted by atomic mass is 32.2. The molecule has 3 atom stereocenters. The maximum atomic E-state index is 12.6. The number of hydrogen-bond acceptors (Lipinski definition) is 3.